The minimum atomic E-state index is 0.0112. The van der Waals surface area contributed by atoms with E-state index in [2.05, 4.69) is 56.0 Å². The molecule has 2 saturated heterocycles. The first kappa shape index (κ1) is 18.8. The maximum Gasteiger partial charge on any atom is 0.272 e. The fraction of sp³-hybridized carbons (Fsp3) is 0.476. The van der Waals surface area contributed by atoms with Gasteiger partial charge in [0.15, 0.2) is 0 Å². The molecule has 0 unspecified atom stereocenters. The molecule has 1 aromatic heterocycles. The van der Waals surface area contributed by atoms with Gasteiger partial charge in [-0.3, -0.25) is 9.69 Å². The summed E-state index contributed by atoms with van der Waals surface area (Å²) >= 11 is 0. The van der Waals surface area contributed by atoms with Crippen LogP contribution in [-0.2, 0) is 6.54 Å². The largest absolute Gasteiger partial charge is 0.354 e. The lowest BCUT2D eigenvalue weighted by molar-refractivity contribution is 0.0622. The van der Waals surface area contributed by atoms with Crippen LogP contribution in [0.2, 0.25) is 0 Å². The van der Waals surface area contributed by atoms with E-state index < -0.39 is 0 Å². The zero-order chi connectivity index (χ0) is 19.3. The summed E-state index contributed by atoms with van der Waals surface area (Å²) < 4.78 is 0. The van der Waals surface area contributed by atoms with Crippen molar-refractivity contribution in [2.75, 3.05) is 64.3 Å². The quantitative estimate of drug-likeness (QED) is 0.794. The molecule has 148 valence electrons. The van der Waals surface area contributed by atoms with Gasteiger partial charge in [-0.05, 0) is 12.6 Å². The van der Waals surface area contributed by atoms with Gasteiger partial charge >= 0.3 is 0 Å². The Morgan fingerprint density at radius 3 is 2.36 bits per heavy atom. The summed E-state index contributed by atoms with van der Waals surface area (Å²) in [6.45, 7) is 8.06. The maximum atomic E-state index is 12.9. The average Bonchev–Trinajstić information content (AvgIpc) is 2.75. The molecule has 2 aliphatic rings. The van der Waals surface area contributed by atoms with Crippen molar-refractivity contribution in [3.05, 3.63) is 54.0 Å². The number of amides is 1. The third-order valence-electron chi connectivity index (χ3n) is 5.61. The van der Waals surface area contributed by atoms with Gasteiger partial charge in [-0.2, -0.15) is 0 Å². The predicted octanol–water partition coefficient (Wildman–Crippen LogP) is 1.19. The average molecular weight is 380 g/mol. The number of piperazine rings is 2. The van der Waals surface area contributed by atoms with Crippen molar-refractivity contribution in [2.24, 2.45) is 0 Å². The van der Waals surface area contributed by atoms with Gasteiger partial charge in [-0.15, -0.1) is 0 Å². The molecule has 1 amide bonds. The van der Waals surface area contributed by atoms with Crippen LogP contribution in [0.3, 0.4) is 0 Å². The number of nitrogens with zero attached hydrogens (tertiary/aromatic N) is 6. The number of hydrogen-bond acceptors (Lipinski definition) is 6. The van der Waals surface area contributed by atoms with Crippen LogP contribution >= 0.6 is 0 Å². The van der Waals surface area contributed by atoms with Crippen molar-refractivity contribution in [2.45, 2.75) is 6.54 Å². The second-order valence-electron chi connectivity index (χ2n) is 7.61. The Labute approximate surface area is 166 Å². The number of aromatic nitrogens is 2. The summed E-state index contributed by atoms with van der Waals surface area (Å²) in [4.78, 5) is 30.4. The van der Waals surface area contributed by atoms with E-state index in [9.17, 15) is 4.79 Å². The minimum absolute atomic E-state index is 0.0112. The monoisotopic (exact) mass is 380 g/mol. The molecule has 0 bridgehead atoms. The molecule has 2 aromatic rings. The highest BCUT2D eigenvalue weighted by atomic mass is 16.2. The van der Waals surface area contributed by atoms with Crippen LogP contribution in [0.25, 0.3) is 0 Å². The topological polar surface area (TPSA) is 55.8 Å². The first-order valence-electron chi connectivity index (χ1n) is 10.00. The van der Waals surface area contributed by atoms with Gasteiger partial charge in [0.25, 0.3) is 5.91 Å². The van der Waals surface area contributed by atoms with Crippen LogP contribution in [0, 0.1) is 0 Å². The first-order valence-corrected chi connectivity index (χ1v) is 10.00. The molecule has 2 aliphatic heterocycles. The predicted molar refractivity (Wildman–Crippen MR) is 109 cm³/mol. The van der Waals surface area contributed by atoms with Crippen LogP contribution in [-0.4, -0.2) is 90.0 Å². The van der Waals surface area contributed by atoms with Crippen LogP contribution in [0.1, 0.15) is 16.1 Å². The van der Waals surface area contributed by atoms with E-state index in [4.69, 9.17) is 0 Å². The van der Waals surface area contributed by atoms with Gasteiger partial charge < -0.3 is 14.7 Å². The molecule has 0 aliphatic carbocycles. The molecule has 0 radical (unpaired) electrons. The minimum Gasteiger partial charge on any atom is -0.354 e. The summed E-state index contributed by atoms with van der Waals surface area (Å²) in [5.41, 5.74) is 1.82. The standard InChI is InChI=1S/C21H28N6O/c1-24-7-11-26(12-8-24)20-15-19(22-17-23-20)21(28)27-13-9-25(10-14-27)16-18-5-3-2-4-6-18/h2-6,15,17H,7-14,16H2,1H3. The van der Waals surface area contributed by atoms with E-state index >= 15 is 0 Å². The molecule has 0 atom stereocenters. The van der Waals surface area contributed by atoms with Crippen molar-refractivity contribution >= 4 is 11.7 Å². The maximum absolute atomic E-state index is 12.9. The van der Waals surface area contributed by atoms with Gasteiger partial charge in [0.05, 0.1) is 0 Å². The highest BCUT2D eigenvalue weighted by Gasteiger charge is 2.24. The molecule has 2 fully saturated rings. The number of carbonyl (C=O) groups is 1. The number of anilines is 1. The fourth-order valence-corrected chi connectivity index (χ4v) is 3.79. The number of rotatable bonds is 4. The molecule has 3 heterocycles. The van der Waals surface area contributed by atoms with E-state index in [0.717, 1.165) is 64.7 Å². The number of benzene rings is 1. The Kier molecular flexibility index (Phi) is 5.83. The lowest BCUT2D eigenvalue weighted by atomic mass is 10.2. The normalized spacial score (nSPS) is 19.0. The van der Waals surface area contributed by atoms with Crippen molar-refractivity contribution in [1.82, 2.24) is 24.7 Å². The summed E-state index contributed by atoms with van der Waals surface area (Å²) in [5.74, 6) is 0.867. The van der Waals surface area contributed by atoms with Crippen LogP contribution in [0.4, 0.5) is 5.82 Å². The van der Waals surface area contributed by atoms with Crippen molar-refractivity contribution in [3.8, 4) is 0 Å². The molecule has 28 heavy (non-hydrogen) atoms. The SMILES string of the molecule is CN1CCN(c2cc(C(=O)N3CCN(Cc4ccccc4)CC3)ncn2)CC1. The smallest absolute Gasteiger partial charge is 0.272 e. The second kappa shape index (κ2) is 8.67. The third kappa shape index (κ3) is 4.48. The molecular formula is C21H28N6O. The molecule has 7 nitrogen and oxygen atoms in total. The van der Waals surface area contributed by atoms with Gasteiger partial charge in [-0.1, -0.05) is 30.3 Å². The first-order chi connectivity index (χ1) is 13.7. The van der Waals surface area contributed by atoms with Crippen LogP contribution in [0.5, 0.6) is 0 Å². The lowest BCUT2D eigenvalue weighted by Gasteiger charge is -2.35. The number of likely N-dealkylation sites (N-methyl/N-ethyl adjacent to an activating group) is 1. The van der Waals surface area contributed by atoms with E-state index in [1.807, 2.05) is 17.0 Å². The summed E-state index contributed by atoms with van der Waals surface area (Å²) in [6, 6.07) is 12.3. The number of hydrogen-bond donors (Lipinski definition) is 0. The zero-order valence-electron chi connectivity index (χ0n) is 16.5. The Bertz CT molecular complexity index is 782. The van der Waals surface area contributed by atoms with Crippen molar-refractivity contribution < 1.29 is 4.79 Å². The Morgan fingerprint density at radius 2 is 1.64 bits per heavy atom. The van der Waals surface area contributed by atoms with E-state index in [0.29, 0.717) is 5.69 Å². The Morgan fingerprint density at radius 1 is 0.929 bits per heavy atom. The molecule has 7 heteroatoms. The molecule has 4 rings (SSSR count). The van der Waals surface area contributed by atoms with Gasteiger partial charge in [0.1, 0.15) is 17.8 Å². The van der Waals surface area contributed by atoms with E-state index in [1.165, 1.54) is 11.9 Å². The van der Waals surface area contributed by atoms with Gasteiger partial charge in [0, 0.05) is 65.0 Å². The molecular weight excluding hydrogens is 352 g/mol. The lowest BCUT2D eigenvalue weighted by Crippen LogP contribution is -2.48. The Hall–Kier alpha value is -2.51. The van der Waals surface area contributed by atoms with E-state index in [1.54, 1.807) is 0 Å². The van der Waals surface area contributed by atoms with Crippen molar-refractivity contribution in [1.29, 1.82) is 0 Å². The highest BCUT2D eigenvalue weighted by molar-refractivity contribution is 5.93. The fourth-order valence-electron chi connectivity index (χ4n) is 3.79. The molecule has 0 saturated carbocycles. The van der Waals surface area contributed by atoms with Crippen molar-refractivity contribution in [3.63, 3.8) is 0 Å². The molecule has 0 spiro atoms. The highest BCUT2D eigenvalue weighted by Crippen LogP contribution is 2.16. The Balaban J connectivity index is 1.34. The zero-order valence-corrected chi connectivity index (χ0v) is 16.5. The molecule has 1 aromatic carbocycles. The third-order valence-corrected chi connectivity index (χ3v) is 5.61. The van der Waals surface area contributed by atoms with Gasteiger partial charge in [0.2, 0.25) is 0 Å². The number of carbonyl (C=O) groups excluding carboxylic acids is 1. The van der Waals surface area contributed by atoms with E-state index in [-0.39, 0.29) is 5.91 Å². The van der Waals surface area contributed by atoms with Crippen LogP contribution < -0.4 is 4.90 Å². The van der Waals surface area contributed by atoms with Crippen LogP contribution in [0.15, 0.2) is 42.7 Å². The second-order valence-corrected chi connectivity index (χ2v) is 7.61. The summed E-state index contributed by atoms with van der Waals surface area (Å²) in [6.07, 6.45) is 1.52. The van der Waals surface area contributed by atoms with Gasteiger partial charge in [-0.25, -0.2) is 9.97 Å². The summed E-state index contributed by atoms with van der Waals surface area (Å²) in [5, 5.41) is 0. The summed E-state index contributed by atoms with van der Waals surface area (Å²) in [7, 11) is 2.13. The molecule has 0 N–H and O–H groups in total.